The predicted octanol–water partition coefficient (Wildman–Crippen LogP) is 3.16. The van der Waals surface area contributed by atoms with Crippen molar-refractivity contribution >= 4 is 22.8 Å². The van der Waals surface area contributed by atoms with Gasteiger partial charge in [0.25, 0.3) is 5.91 Å². The maximum Gasteiger partial charge on any atom is 0.253 e. The van der Waals surface area contributed by atoms with Gasteiger partial charge in [-0.2, -0.15) is 0 Å². The van der Waals surface area contributed by atoms with Crippen LogP contribution in [0, 0.1) is 19.8 Å². The first-order chi connectivity index (χ1) is 13.5. The molecule has 4 rings (SSSR count). The Morgan fingerprint density at radius 3 is 2.39 bits per heavy atom. The minimum Gasteiger partial charge on any atom is -0.353 e. The molecule has 148 valence electrons. The largest absolute Gasteiger partial charge is 0.353 e. The molecule has 1 aromatic heterocycles. The molecule has 1 N–H and O–H groups in total. The zero-order valence-electron chi connectivity index (χ0n) is 16.7. The van der Waals surface area contributed by atoms with Crippen LogP contribution in [0.15, 0.2) is 18.2 Å². The number of likely N-dealkylation sites (tertiary alicyclic amines) is 1. The number of piperidine rings is 1. The summed E-state index contributed by atoms with van der Waals surface area (Å²) in [6.45, 7) is 5.39. The number of hydrogen-bond acceptors (Lipinski definition) is 4. The molecule has 1 aliphatic heterocycles. The van der Waals surface area contributed by atoms with Gasteiger partial charge in [0.05, 0.1) is 22.4 Å². The van der Waals surface area contributed by atoms with E-state index in [4.69, 9.17) is 0 Å². The molecule has 6 heteroatoms. The molecular formula is C22H28N4O2. The number of nitrogens with zero attached hydrogens (tertiary/aromatic N) is 3. The summed E-state index contributed by atoms with van der Waals surface area (Å²) in [6, 6.07) is 6.02. The van der Waals surface area contributed by atoms with Crippen LogP contribution < -0.4 is 5.32 Å². The number of aromatic nitrogens is 2. The van der Waals surface area contributed by atoms with E-state index in [1.165, 1.54) is 0 Å². The smallest absolute Gasteiger partial charge is 0.253 e. The maximum absolute atomic E-state index is 12.9. The molecule has 1 aromatic carbocycles. The first-order valence-corrected chi connectivity index (χ1v) is 10.3. The number of amides is 2. The summed E-state index contributed by atoms with van der Waals surface area (Å²) in [5.41, 5.74) is 4.07. The normalized spacial score (nSPS) is 17.7. The Balaban J connectivity index is 1.32. The number of nitrogens with one attached hydrogen (secondary N) is 1. The molecule has 0 atom stereocenters. The minimum absolute atomic E-state index is 0.0619. The highest BCUT2D eigenvalue weighted by Gasteiger charge is 2.26. The second kappa shape index (κ2) is 7.86. The summed E-state index contributed by atoms with van der Waals surface area (Å²) in [4.78, 5) is 35.8. The van der Waals surface area contributed by atoms with E-state index >= 15 is 0 Å². The van der Waals surface area contributed by atoms with Gasteiger partial charge in [0, 0.05) is 31.1 Å². The number of benzene rings is 1. The quantitative estimate of drug-likeness (QED) is 0.865. The third-order valence-corrected chi connectivity index (χ3v) is 5.95. The number of carbonyl (C=O) groups is 2. The Bertz CT molecular complexity index is 899. The monoisotopic (exact) mass is 380 g/mol. The standard InChI is InChI=1S/C22H28N4O2/c1-14-15(2)24-20-13-17(4-7-19(20)23-14)22(28)26-11-9-16(10-12-26)3-8-21(27)25-18-5-6-18/h4,7,13,16,18H,3,5-6,8-12H2,1-2H3,(H,25,27). The number of hydrogen-bond donors (Lipinski definition) is 1. The molecule has 0 spiro atoms. The summed E-state index contributed by atoms with van der Waals surface area (Å²) in [7, 11) is 0. The summed E-state index contributed by atoms with van der Waals surface area (Å²) in [5, 5.41) is 3.05. The highest BCUT2D eigenvalue weighted by atomic mass is 16.2. The second-order valence-electron chi connectivity index (χ2n) is 8.21. The number of carbonyl (C=O) groups excluding carboxylic acids is 2. The zero-order chi connectivity index (χ0) is 19.7. The van der Waals surface area contributed by atoms with E-state index in [-0.39, 0.29) is 11.8 Å². The van der Waals surface area contributed by atoms with Crippen molar-refractivity contribution < 1.29 is 9.59 Å². The van der Waals surface area contributed by atoms with Gasteiger partial charge in [-0.15, -0.1) is 0 Å². The summed E-state index contributed by atoms with van der Waals surface area (Å²) < 4.78 is 0. The van der Waals surface area contributed by atoms with Crippen molar-refractivity contribution in [1.29, 1.82) is 0 Å². The SMILES string of the molecule is Cc1nc2ccc(C(=O)N3CCC(CCC(=O)NC4CC4)CC3)cc2nc1C. The molecule has 2 aromatic rings. The van der Waals surface area contributed by atoms with E-state index < -0.39 is 0 Å². The number of rotatable bonds is 5. The van der Waals surface area contributed by atoms with Crippen LogP contribution in [0.1, 0.15) is 60.3 Å². The first-order valence-electron chi connectivity index (χ1n) is 10.3. The lowest BCUT2D eigenvalue weighted by Crippen LogP contribution is -2.38. The molecule has 2 heterocycles. The van der Waals surface area contributed by atoms with Crippen LogP contribution in [-0.4, -0.2) is 45.8 Å². The van der Waals surface area contributed by atoms with Gasteiger partial charge in [0.2, 0.25) is 5.91 Å². The van der Waals surface area contributed by atoms with Gasteiger partial charge >= 0.3 is 0 Å². The van der Waals surface area contributed by atoms with E-state index in [9.17, 15) is 9.59 Å². The van der Waals surface area contributed by atoms with Crippen LogP contribution in [0.3, 0.4) is 0 Å². The third-order valence-electron chi connectivity index (χ3n) is 5.95. The Labute approximate surface area is 165 Å². The molecule has 2 amide bonds. The van der Waals surface area contributed by atoms with Crippen LogP contribution in [0.5, 0.6) is 0 Å². The molecule has 2 fully saturated rings. The van der Waals surface area contributed by atoms with Crippen LogP contribution >= 0.6 is 0 Å². The highest BCUT2D eigenvalue weighted by molar-refractivity contribution is 5.97. The molecule has 1 saturated carbocycles. The molecular weight excluding hydrogens is 352 g/mol. The van der Waals surface area contributed by atoms with E-state index in [0.29, 0.717) is 23.9 Å². The Hall–Kier alpha value is -2.50. The zero-order valence-corrected chi connectivity index (χ0v) is 16.7. The molecule has 1 saturated heterocycles. The average Bonchev–Trinajstić information content (AvgIpc) is 3.51. The number of fused-ring (bicyclic) bond motifs is 1. The van der Waals surface area contributed by atoms with Crippen molar-refractivity contribution in [3.05, 3.63) is 35.2 Å². The lowest BCUT2D eigenvalue weighted by molar-refractivity contribution is -0.121. The molecule has 28 heavy (non-hydrogen) atoms. The first kappa shape index (κ1) is 18.8. The van der Waals surface area contributed by atoms with Gasteiger partial charge in [-0.3, -0.25) is 9.59 Å². The van der Waals surface area contributed by atoms with Gasteiger partial charge in [-0.05, 0) is 70.1 Å². The van der Waals surface area contributed by atoms with E-state index in [1.54, 1.807) is 0 Å². The molecule has 1 aliphatic carbocycles. The van der Waals surface area contributed by atoms with Crippen molar-refractivity contribution in [3.63, 3.8) is 0 Å². The lowest BCUT2D eigenvalue weighted by atomic mass is 9.91. The topological polar surface area (TPSA) is 75.2 Å². The average molecular weight is 380 g/mol. The Kier molecular flexibility index (Phi) is 5.29. The van der Waals surface area contributed by atoms with Crippen LogP contribution in [0.25, 0.3) is 11.0 Å². The van der Waals surface area contributed by atoms with Gasteiger partial charge in [0.15, 0.2) is 0 Å². The highest BCUT2D eigenvalue weighted by Crippen LogP contribution is 2.25. The van der Waals surface area contributed by atoms with Crippen LogP contribution in [0.4, 0.5) is 0 Å². The minimum atomic E-state index is 0.0619. The van der Waals surface area contributed by atoms with E-state index in [0.717, 1.165) is 67.6 Å². The van der Waals surface area contributed by atoms with Gasteiger partial charge in [-0.25, -0.2) is 9.97 Å². The summed E-state index contributed by atoms with van der Waals surface area (Å²) >= 11 is 0. The fourth-order valence-electron chi connectivity index (χ4n) is 3.83. The third kappa shape index (κ3) is 4.32. The lowest BCUT2D eigenvalue weighted by Gasteiger charge is -2.32. The molecule has 2 aliphatic rings. The van der Waals surface area contributed by atoms with Crippen molar-refractivity contribution in [2.45, 2.75) is 58.4 Å². The van der Waals surface area contributed by atoms with Crippen molar-refractivity contribution in [2.24, 2.45) is 5.92 Å². The van der Waals surface area contributed by atoms with Crippen LogP contribution in [0.2, 0.25) is 0 Å². The fourth-order valence-corrected chi connectivity index (χ4v) is 3.83. The van der Waals surface area contributed by atoms with Crippen molar-refractivity contribution in [2.75, 3.05) is 13.1 Å². The van der Waals surface area contributed by atoms with Crippen LogP contribution in [-0.2, 0) is 4.79 Å². The number of aryl methyl sites for hydroxylation is 2. The molecule has 0 bridgehead atoms. The molecule has 0 radical (unpaired) electrons. The maximum atomic E-state index is 12.9. The van der Waals surface area contributed by atoms with E-state index in [2.05, 4.69) is 15.3 Å². The van der Waals surface area contributed by atoms with Gasteiger partial charge < -0.3 is 10.2 Å². The predicted molar refractivity (Wildman–Crippen MR) is 108 cm³/mol. The van der Waals surface area contributed by atoms with Gasteiger partial charge in [0.1, 0.15) is 0 Å². The van der Waals surface area contributed by atoms with Crippen molar-refractivity contribution in [3.8, 4) is 0 Å². The summed E-state index contributed by atoms with van der Waals surface area (Å²) in [6.07, 6.45) is 5.72. The Morgan fingerprint density at radius 1 is 1.04 bits per heavy atom. The second-order valence-corrected chi connectivity index (χ2v) is 8.21. The Morgan fingerprint density at radius 2 is 1.71 bits per heavy atom. The van der Waals surface area contributed by atoms with Gasteiger partial charge in [-0.1, -0.05) is 0 Å². The summed E-state index contributed by atoms with van der Waals surface area (Å²) in [5.74, 6) is 0.776. The fraction of sp³-hybridized carbons (Fsp3) is 0.545. The molecule has 0 unspecified atom stereocenters. The molecule has 6 nitrogen and oxygen atoms in total. The van der Waals surface area contributed by atoms with E-state index in [1.807, 2.05) is 36.9 Å². The van der Waals surface area contributed by atoms with Crippen molar-refractivity contribution in [1.82, 2.24) is 20.2 Å².